The second-order valence-electron chi connectivity index (χ2n) is 6.65. The number of fused-ring (bicyclic) bond motifs is 1. The zero-order valence-electron chi connectivity index (χ0n) is 13.9. The van der Waals surface area contributed by atoms with Gasteiger partial charge in [0.05, 0.1) is 11.2 Å². The molecule has 0 spiro atoms. The standard InChI is InChI=1S/C18H19ClFN5/c1-10-4-2-3-5-15(10)24-18-14(20)9-23-17(25-18)13-8-22-16-12(13)6-11(19)7-21-16/h6-10,15H,2-5H2,1H3,(H,21,22)(H,23,24,25). The van der Waals surface area contributed by atoms with Gasteiger partial charge in [-0.15, -0.1) is 0 Å². The van der Waals surface area contributed by atoms with Crippen molar-refractivity contribution >= 4 is 28.5 Å². The van der Waals surface area contributed by atoms with Crippen molar-refractivity contribution < 1.29 is 4.39 Å². The number of hydrogen-bond donors (Lipinski definition) is 2. The van der Waals surface area contributed by atoms with E-state index in [9.17, 15) is 4.39 Å². The van der Waals surface area contributed by atoms with E-state index in [-0.39, 0.29) is 11.9 Å². The van der Waals surface area contributed by atoms with Crippen LogP contribution in [0.4, 0.5) is 10.2 Å². The summed E-state index contributed by atoms with van der Waals surface area (Å²) in [4.78, 5) is 15.9. The smallest absolute Gasteiger partial charge is 0.183 e. The van der Waals surface area contributed by atoms with Crippen LogP contribution in [0.15, 0.2) is 24.7 Å². The van der Waals surface area contributed by atoms with Gasteiger partial charge in [0, 0.05) is 29.4 Å². The minimum absolute atomic E-state index is 0.241. The molecule has 1 aliphatic carbocycles. The summed E-state index contributed by atoms with van der Waals surface area (Å²) in [5, 5.41) is 4.63. The number of pyridine rings is 1. The van der Waals surface area contributed by atoms with Crippen molar-refractivity contribution in [2.24, 2.45) is 5.92 Å². The summed E-state index contributed by atoms with van der Waals surface area (Å²) in [6.07, 6.45) is 9.15. The van der Waals surface area contributed by atoms with Crippen molar-refractivity contribution in [1.29, 1.82) is 0 Å². The first-order chi connectivity index (χ1) is 12.1. The number of aromatic nitrogens is 4. The Morgan fingerprint density at radius 1 is 1.24 bits per heavy atom. The molecule has 2 N–H and O–H groups in total. The Kier molecular flexibility index (Phi) is 4.29. The SMILES string of the molecule is CC1CCCCC1Nc1nc(-c2c[nH]c3ncc(Cl)cc23)ncc1F. The highest BCUT2D eigenvalue weighted by atomic mass is 35.5. The summed E-state index contributed by atoms with van der Waals surface area (Å²) in [5.41, 5.74) is 1.45. The minimum Gasteiger partial charge on any atom is -0.365 e. The Balaban J connectivity index is 1.70. The van der Waals surface area contributed by atoms with Crippen LogP contribution in [-0.2, 0) is 0 Å². The predicted octanol–water partition coefficient (Wildman–Crippen LogP) is 4.80. The van der Waals surface area contributed by atoms with Crippen LogP contribution < -0.4 is 5.32 Å². The summed E-state index contributed by atoms with van der Waals surface area (Å²) < 4.78 is 14.2. The van der Waals surface area contributed by atoms with Gasteiger partial charge in [-0.2, -0.15) is 0 Å². The van der Waals surface area contributed by atoms with E-state index in [0.29, 0.717) is 22.4 Å². The Hall–Kier alpha value is -2.21. The fourth-order valence-corrected chi connectivity index (χ4v) is 3.63. The van der Waals surface area contributed by atoms with Gasteiger partial charge in [0.25, 0.3) is 0 Å². The van der Waals surface area contributed by atoms with E-state index in [1.165, 1.54) is 12.6 Å². The number of H-pyrrole nitrogens is 1. The zero-order chi connectivity index (χ0) is 17.4. The first kappa shape index (κ1) is 16.3. The lowest BCUT2D eigenvalue weighted by Crippen LogP contribution is -2.31. The van der Waals surface area contributed by atoms with Crippen LogP contribution in [0, 0.1) is 11.7 Å². The molecule has 4 rings (SSSR count). The molecular weight excluding hydrogens is 341 g/mol. The molecule has 3 heterocycles. The number of halogens is 2. The maximum absolute atomic E-state index is 14.2. The van der Waals surface area contributed by atoms with E-state index < -0.39 is 5.82 Å². The Labute approximate surface area is 150 Å². The van der Waals surface area contributed by atoms with Gasteiger partial charge in [-0.1, -0.05) is 31.4 Å². The summed E-state index contributed by atoms with van der Waals surface area (Å²) in [5.74, 6) is 0.774. The molecule has 1 fully saturated rings. The van der Waals surface area contributed by atoms with Crippen molar-refractivity contribution in [3.63, 3.8) is 0 Å². The summed E-state index contributed by atoms with van der Waals surface area (Å²) in [7, 11) is 0. The molecule has 3 aromatic heterocycles. The maximum atomic E-state index is 14.2. The average Bonchev–Trinajstić information content (AvgIpc) is 3.02. The monoisotopic (exact) mass is 359 g/mol. The topological polar surface area (TPSA) is 66.5 Å². The van der Waals surface area contributed by atoms with Crippen LogP contribution >= 0.6 is 11.6 Å². The van der Waals surface area contributed by atoms with Crippen molar-refractivity contribution in [2.75, 3.05) is 5.32 Å². The van der Waals surface area contributed by atoms with E-state index in [1.807, 2.05) is 0 Å². The lowest BCUT2D eigenvalue weighted by Gasteiger charge is -2.30. The third kappa shape index (κ3) is 3.18. The number of hydrogen-bond acceptors (Lipinski definition) is 4. The van der Waals surface area contributed by atoms with Gasteiger partial charge in [0.15, 0.2) is 17.5 Å². The van der Waals surface area contributed by atoms with Gasteiger partial charge >= 0.3 is 0 Å². The molecule has 0 radical (unpaired) electrons. The van der Waals surface area contributed by atoms with Crippen LogP contribution in [-0.4, -0.2) is 26.0 Å². The predicted molar refractivity (Wildman–Crippen MR) is 97.1 cm³/mol. The third-order valence-electron chi connectivity index (χ3n) is 4.92. The molecule has 0 bridgehead atoms. The fourth-order valence-electron chi connectivity index (χ4n) is 3.47. The van der Waals surface area contributed by atoms with Crippen molar-refractivity contribution in [1.82, 2.24) is 19.9 Å². The van der Waals surface area contributed by atoms with Gasteiger partial charge in [0.2, 0.25) is 0 Å². The molecule has 0 amide bonds. The van der Waals surface area contributed by atoms with Gasteiger partial charge in [0.1, 0.15) is 5.65 Å². The first-order valence-corrected chi connectivity index (χ1v) is 8.91. The van der Waals surface area contributed by atoms with Crippen LogP contribution in [0.25, 0.3) is 22.4 Å². The van der Waals surface area contributed by atoms with Gasteiger partial charge < -0.3 is 10.3 Å². The maximum Gasteiger partial charge on any atom is 0.183 e. The Bertz CT molecular complexity index is 910. The van der Waals surface area contributed by atoms with E-state index in [4.69, 9.17) is 11.6 Å². The number of aromatic amines is 1. The van der Waals surface area contributed by atoms with Crippen LogP contribution in [0.1, 0.15) is 32.6 Å². The Morgan fingerprint density at radius 3 is 2.92 bits per heavy atom. The zero-order valence-corrected chi connectivity index (χ0v) is 14.6. The molecule has 130 valence electrons. The quantitative estimate of drug-likeness (QED) is 0.704. The molecule has 2 atom stereocenters. The molecule has 25 heavy (non-hydrogen) atoms. The normalized spacial score (nSPS) is 20.8. The number of nitrogens with one attached hydrogen (secondary N) is 2. The van der Waals surface area contributed by atoms with Crippen LogP contribution in [0.5, 0.6) is 0 Å². The van der Waals surface area contributed by atoms with Gasteiger partial charge in [-0.25, -0.2) is 19.3 Å². The molecule has 3 aromatic rings. The average molecular weight is 360 g/mol. The largest absolute Gasteiger partial charge is 0.365 e. The lowest BCUT2D eigenvalue weighted by atomic mass is 9.86. The lowest BCUT2D eigenvalue weighted by molar-refractivity contribution is 0.348. The second-order valence-corrected chi connectivity index (χ2v) is 7.09. The van der Waals surface area contributed by atoms with E-state index in [1.54, 1.807) is 18.5 Å². The van der Waals surface area contributed by atoms with Crippen molar-refractivity contribution in [3.05, 3.63) is 35.5 Å². The van der Waals surface area contributed by atoms with E-state index in [2.05, 4.69) is 32.2 Å². The molecule has 0 aromatic carbocycles. The first-order valence-electron chi connectivity index (χ1n) is 8.54. The molecular formula is C18H19ClFN5. The number of nitrogens with zero attached hydrogens (tertiary/aromatic N) is 3. The Morgan fingerprint density at radius 2 is 2.08 bits per heavy atom. The summed E-state index contributed by atoms with van der Waals surface area (Å²) in [6, 6.07) is 2.05. The molecule has 1 saturated carbocycles. The van der Waals surface area contributed by atoms with Gasteiger partial charge in [-0.05, 0) is 24.8 Å². The van der Waals surface area contributed by atoms with E-state index in [0.717, 1.165) is 30.2 Å². The van der Waals surface area contributed by atoms with Crippen molar-refractivity contribution in [2.45, 2.75) is 38.6 Å². The minimum atomic E-state index is -0.433. The van der Waals surface area contributed by atoms with Crippen LogP contribution in [0.2, 0.25) is 5.02 Å². The van der Waals surface area contributed by atoms with E-state index >= 15 is 0 Å². The molecule has 2 unspecified atom stereocenters. The number of anilines is 1. The molecule has 5 nitrogen and oxygen atoms in total. The molecule has 1 aliphatic rings. The fraction of sp³-hybridized carbons (Fsp3) is 0.389. The summed E-state index contributed by atoms with van der Waals surface area (Å²) in [6.45, 7) is 2.20. The molecule has 0 saturated heterocycles. The highest BCUT2D eigenvalue weighted by molar-refractivity contribution is 6.31. The third-order valence-corrected chi connectivity index (χ3v) is 5.12. The molecule has 7 heteroatoms. The summed E-state index contributed by atoms with van der Waals surface area (Å²) >= 11 is 6.05. The highest BCUT2D eigenvalue weighted by Crippen LogP contribution is 2.30. The number of rotatable bonds is 3. The highest BCUT2D eigenvalue weighted by Gasteiger charge is 2.23. The second kappa shape index (κ2) is 6.59. The molecule has 0 aliphatic heterocycles. The van der Waals surface area contributed by atoms with Gasteiger partial charge in [-0.3, -0.25) is 0 Å². The van der Waals surface area contributed by atoms with Crippen LogP contribution in [0.3, 0.4) is 0 Å². The van der Waals surface area contributed by atoms with Crippen molar-refractivity contribution in [3.8, 4) is 11.4 Å².